The van der Waals surface area contributed by atoms with Crippen LogP contribution >= 0.6 is 0 Å². The highest BCUT2D eigenvalue weighted by Crippen LogP contribution is 2.30. The van der Waals surface area contributed by atoms with E-state index in [-0.39, 0.29) is 5.82 Å². The van der Waals surface area contributed by atoms with Crippen LogP contribution < -0.4 is 0 Å². The molecule has 2 rings (SSSR count). The van der Waals surface area contributed by atoms with Gasteiger partial charge in [0, 0.05) is 6.20 Å². The van der Waals surface area contributed by atoms with Crippen molar-refractivity contribution in [1.29, 1.82) is 0 Å². The van der Waals surface area contributed by atoms with Gasteiger partial charge in [-0.05, 0) is 6.07 Å². The van der Waals surface area contributed by atoms with Crippen molar-refractivity contribution >= 4 is 5.97 Å². The number of carbonyl (C=O) groups is 1. The third-order valence-corrected chi connectivity index (χ3v) is 2.06. The molecule has 94 valence electrons. The largest absolute Gasteiger partial charge is 0.478 e. The van der Waals surface area contributed by atoms with E-state index in [1.54, 1.807) is 0 Å². The predicted octanol–water partition coefficient (Wildman–Crippen LogP) is 1.38. The summed E-state index contributed by atoms with van der Waals surface area (Å²) >= 11 is 0. The van der Waals surface area contributed by atoms with E-state index < -0.39 is 23.3 Å². The Morgan fingerprint density at radius 2 is 2.11 bits per heavy atom. The van der Waals surface area contributed by atoms with E-state index >= 15 is 0 Å². The van der Waals surface area contributed by atoms with Gasteiger partial charge in [0.2, 0.25) is 0 Å². The van der Waals surface area contributed by atoms with E-state index in [2.05, 4.69) is 15.1 Å². The first-order valence-electron chi connectivity index (χ1n) is 4.55. The first-order chi connectivity index (χ1) is 8.39. The number of halogens is 3. The maximum absolute atomic E-state index is 12.4. The van der Waals surface area contributed by atoms with Gasteiger partial charge in [-0.15, -0.1) is 0 Å². The minimum atomic E-state index is -4.65. The third kappa shape index (κ3) is 2.14. The normalized spacial score (nSPS) is 11.5. The molecule has 0 aliphatic carbocycles. The Kier molecular flexibility index (Phi) is 2.73. The molecule has 2 aromatic rings. The van der Waals surface area contributed by atoms with Crippen LogP contribution in [0.1, 0.15) is 15.9 Å². The molecule has 0 spiro atoms. The van der Waals surface area contributed by atoms with Crippen molar-refractivity contribution in [1.82, 2.24) is 19.7 Å². The summed E-state index contributed by atoms with van der Waals surface area (Å²) in [5, 5.41) is 12.5. The molecule has 6 nitrogen and oxygen atoms in total. The highest BCUT2D eigenvalue weighted by molar-refractivity contribution is 5.91. The second-order valence-corrected chi connectivity index (χ2v) is 3.24. The average molecular weight is 258 g/mol. The molecule has 0 bridgehead atoms. The minimum Gasteiger partial charge on any atom is -0.478 e. The van der Waals surface area contributed by atoms with E-state index in [1.807, 2.05) is 0 Å². The van der Waals surface area contributed by atoms with Gasteiger partial charge in [0.15, 0.2) is 5.82 Å². The van der Waals surface area contributed by atoms with Crippen LogP contribution in [0.4, 0.5) is 13.2 Å². The third-order valence-electron chi connectivity index (χ3n) is 2.06. The molecule has 0 unspecified atom stereocenters. The van der Waals surface area contributed by atoms with E-state index in [4.69, 9.17) is 5.11 Å². The summed E-state index contributed by atoms with van der Waals surface area (Å²) in [7, 11) is 0. The molecule has 1 N–H and O–H groups in total. The van der Waals surface area contributed by atoms with Gasteiger partial charge >= 0.3 is 12.1 Å². The maximum Gasteiger partial charge on any atom is 0.417 e. The number of aromatic carboxylic acids is 1. The molecule has 2 aromatic heterocycles. The predicted molar refractivity (Wildman–Crippen MR) is 51.1 cm³/mol. The lowest BCUT2D eigenvalue weighted by molar-refractivity contribution is -0.137. The van der Waals surface area contributed by atoms with Crippen molar-refractivity contribution in [3.05, 3.63) is 36.0 Å². The molecule has 0 amide bonds. The molecular weight excluding hydrogens is 253 g/mol. The van der Waals surface area contributed by atoms with Crippen LogP contribution in [0.2, 0.25) is 0 Å². The Balaban J connectivity index is 2.59. The van der Waals surface area contributed by atoms with Gasteiger partial charge in [-0.1, -0.05) is 0 Å². The quantitative estimate of drug-likeness (QED) is 0.880. The van der Waals surface area contributed by atoms with E-state index in [0.717, 1.165) is 17.3 Å². The fourth-order valence-corrected chi connectivity index (χ4v) is 1.27. The Bertz CT molecular complexity index is 580. The first-order valence-corrected chi connectivity index (χ1v) is 4.55. The number of carboxylic acid groups (broad SMARTS) is 1. The zero-order valence-electron chi connectivity index (χ0n) is 8.59. The number of hydrogen-bond donors (Lipinski definition) is 1. The van der Waals surface area contributed by atoms with E-state index in [1.165, 1.54) is 0 Å². The maximum atomic E-state index is 12.4. The van der Waals surface area contributed by atoms with Crippen LogP contribution in [-0.4, -0.2) is 30.8 Å². The van der Waals surface area contributed by atoms with Crippen molar-refractivity contribution < 1.29 is 23.1 Å². The van der Waals surface area contributed by atoms with Crippen LogP contribution in [0.15, 0.2) is 24.9 Å². The molecular formula is C9H5F3N4O2. The van der Waals surface area contributed by atoms with Crippen LogP contribution in [-0.2, 0) is 6.18 Å². The highest BCUT2D eigenvalue weighted by atomic mass is 19.4. The van der Waals surface area contributed by atoms with Crippen molar-refractivity contribution in [2.75, 3.05) is 0 Å². The summed E-state index contributed by atoms with van der Waals surface area (Å²) < 4.78 is 38.3. The van der Waals surface area contributed by atoms with Gasteiger partial charge in [0.25, 0.3) is 0 Å². The number of aromatic nitrogens is 4. The van der Waals surface area contributed by atoms with Gasteiger partial charge in [0.05, 0.1) is 5.56 Å². The standard InChI is InChI=1S/C9H5F3N4O2/c10-9(11,12)5-1-6(8(17)18)7(14-2-5)16-4-13-3-15-16/h1-4H,(H,17,18). The Morgan fingerprint density at radius 3 is 2.61 bits per heavy atom. The molecule has 0 aliphatic heterocycles. The van der Waals surface area contributed by atoms with Crippen LogP contribution in [0.25, 0.3) is 5.82 Å². The Hall–Kier alpha value is -2.45. The zero-order chi connectivity index (χ0) is 13.3. The SMILES string of the molecule is O=C(O)c1cc(C(F)(F)F)cnc1-n1cncn1. The Labute approximate surface area is 97.7 Å². The number of pyridine rings is 1. The smallest absolute Gasteiger partial charge is 0.417 e. The van der Waals surface area contributed by atoms with Gasteiger partial charge < -0.3 is 5.11 Å². The molecule has 0 atom stereocenters. The zero-order valence-corrected chi connectivity index (χ0v) is 8.59. The van der Waals surface area contributed by atoms with Crippen molar-refractivity contribution in [2.45, 2.75) is 6.18 Å². The molecule has 2 heterocycles. The fraction of sp³-hybridized carbons (Fsp3) is 0.111. The fourth-order valence-electron chi connectivity index (χ4n) is 1.27. The molecule has 0 aromatic carbocycles. The lowest BCUT2D eigenvalue weighted by Gasteiger charge is -2.09. The summed E-state index contributed by atoms with van der Waals surface area (Å²) in [6, 6.07) is 0.506. The number of rotatable bonds is 2. The van der Waals surface area contributed by atoms with Crippen LogP contribution in [0, 0.1) is 0 Å². The second kappa shape index (κ2) is 4.09. The number of carboxylic acids is 1. The van der Waals surface area contributed by atoms with Crippen molar-refractivity contribution in [2.24, 2.45) is 0 Å². The average Bonchev–Trinajstić information content (AvgIpc) is 2.80. The molecule has 0 aliphatic rings. The summed E-state index contributed by atoms with van der Waals surface area (Å²) in [6.45, 7) is 0. The monoisotopic (exact) mass is 258 g/mol. The summed E-state index contributed by atoms with van der Waals surface area (Å²) in [5.41, 5.74) is -1.74. The second-order valence-electron chi connectivity index (χ2n) is 3.24. The molecule has 18 heavy (non-hydrogen) atoms. The highest BCUT2D eigenvalue weighted by Gasteiger charge is 2.32. The van der Waals surface area contributed by atoms with E-state index in [0.29, 0.717) is 12.3 Å². The lowest BCUT2D eigenvalue weighted by atomic mass is 10.2. The van der Waals surface area contributed by atoms with Crippen molar-refractivity contribution in [3.8, 4) is 5.82 Å². The van der Waals surface area contributed by atoms with Crippen LogP contribution in [0.3, 0.4) is 0 Å². The van der Waals surface area contributed by atoms with Gasteiger partial charge in [-0.2, -0.15) is 18.3 Å². The Morgan fingerprint density at radius 1 is 1.39 bits per heavy atom. The topological polar surface area (TPSA) is 80.9 Å². The molecule has 0 saturated heterocycles. The number of nitrogens with zero attached hydrogens (tertiary/aromatic N) is 4. The summed E-state index contributed by atoms with van der Waals surface area (Å²) in [6.07, 6.45) is -1.85. The van der Waals surface area contributed by atoms with E-state index in [9.17, 15) is 18.0 Å². The summed E-state index contributed by atoms with van der Waals surface area (Å²) in [4.78, 5) is 18.0. The first kappa shape index (κ1) is 12.0. The molecule has 9 heteroatoms. The lowest BCUT2D eigenvalue weighted by Crippen LogP contribution is -2.13. The molecule has 0 fully saturated rings. The van der Waals surface area contributed by atoms with Crippen LogP contribution in [0.5, 0.6) is 0 Å². The summed E-state index contributed by atoms with van der Waals surface area (Å²) in [5.74, 6) is -1.76. The molecule has 0 saturated carbocycles. The number of alkyl halides is 3. The number of hydrogen-bond acceptors (Lipinski definition) is 4. The van der Waals surface area contributed by atoms with Crippen molar-refractivity contribution in [3.63, 3.8) is 0 Å². The van der Waals surface area contributed by atoms with Gasteiger partial charge in [-0.25, -0.2) is 19.4 Å². The van der Waals surface area contributed by atoms with Gasteiger partial charge in [0.1, 0.15) is 18.2 Å². The minimum absolute atomic E-state index is 0.229. The molecule has 0 radical (unpaired) electrons. The van der Waals surface area contributed by atoms with Gasteiger partial charge in [-0.3, -0.25) is 0 Å².